The molecule has 0 aromatic rings. The molecule has 1 amide bonds. The average molecular weight is 1260 g/mol. The largest absolute Gasteiger partial charge is 0.481 e. The first kappa shape index (κ1) is 91.1. The number of nitrogens with zero attached hydrogens (tertiary/aromatic N) is 1. The predicted molar refractivity (Wildman–Crippen MR) is 309 cm³/mol. The summed E-state index contributed by atoms with van der Waals surface area (Å²) in [6, 6.07) is -7.42. The highest BCUT2D eigenvalue weighted by Gasteiger charge is 2.22. The normalized spacial score (nSPS) is 14.4. The van der Waals surface area contributed by atoms with Crippen LogP contribution in [0.4, 0.5) is 0 Å². The van der Waals surface area contributed by atoms with Gasteiger partial charge in [-0.15, -0.1) is 0 Å². The van der Waals surface area contributed by atoms with E-state index in [0.717, 1.165) is 38.0 Å². The number of hydrogen-bond acceptors (Lipinski definition) is 28. The van der Waals surface area contributed by atoms with Gasteiger partial charge in [-0.25, -0.2) is 4.79 Å². The Morgan fingerprint density at radius 3 is 1.36 bits per heavy atom. The van der Waals surface area contributed by atoms with Crippen molar-refractivity contribution in [1.82, 2.24) is 5.32 Å². The maximum atomic E-state index is 11.1. The summed E-state index contributed by atoms with van der Waals surface area (Å²) in [5.41, 5.74) is 66.5. The number of rotatable bonds is 31. The number of aliphatic imine (C=N–C) groups is 1. The van der Waals surface area contributed by atoms with Gasteiger partial charge < -0.3 is 130 Å². The first-order valence-corrected chi connectivity index (χ1v) is 27.1. The quantitative estimate of drug-likeness (QED) is 0.00766. The average Bonchev–Trinajstić information content (AvgIpc) is 3.98. The molecule has 1 aliphatic rings. The fraction of sp³-hybridized carbons (Fsp3) is 0.711. The maximum absolute atomic E-state index is 11.1. The Bertz CT molecular complexity index is 1930. The van der Waals surface area contributed by atoms with Crippen molar-refractivity contribution in [3.05, 3.63) is 0 Å². The van der Waals surface area contributed by atoms with Crippen LogP contribution in [0.25, 0.3) is 0 Å². The molecule has 0 bridgehead atoms. The van der Waals surface area contributed by atoms with Crippen LogP contribution in [0.3, 0.4) is 0 Å². The molecule has 39 heteroatoms. The fourth-order valence-corrected chi connectivity index (χ4v) is 4.94. The number of esters is 3. The van der Waals surface area contributed by atoms with Gasteiger partial charge in [-0.2, -0.15) is 24.4 Å². The lowest BCUT2D eigenvalue weighted by Gasteiger charge is -2.12. The summed E-state index contributed by atoms with van der Waals surface area (Å²) in [5.74, 6) is -9.92. The van der Waals surface area contributed by atoms with Crippen molar-refractivity contribution < 1.29 is 108 Å². The molecule has 84 heavy (non-hydrogen) atoms. The number of carbonyl (C=O) groups is 12. The third kappa shape index (κ3) is 66.2. The van der Waals surface area contributed by atoms with Gasteiger partial charge in [-0.05, 0) is 88.8 Å². The predicted octanol–water partition coefficient (Wildman–Crippen LogP) is -6.92. The number of carbonyl (C=O) groups excluding carboxylic acids is 4. The van der Waals surface area contributed by atoms with Crippen LogP contribution >= 0.6 is 24.4 Å². The molecule has 1 aliphatic heterocycles. The van der Waals surface area contributed by atoms with Crippen LogP contribution in [0.5, 0.6) is 0 Å². The SMILES string of the molecule is CC(C)[C@H](N)C(=O)O.CSCC[C@H](N)C(=O)OC(=O)CN.NC(=O)CC[C@H](N)C(=O)OC[C@H](N)C(=O)O.NC(N)=NCCC[C@H](N)C(=O)O.NCCCC[C@H](N)C(=O)O.N[C@@H](CCC(=O)O)C(=O)O.N[C@@H](CS)C(=O)O.O=C(O)[C@@H]1CCCN1. The van der Waals surface area contributed by atoms with E-state index >= 15 is 0 Å². The number of carboxylic acids is 8. The minimum absolute atomic E-state index is 0.0129. The Labute approximate surface area is 494 Å². The van der Waals surface area contributed by atoms with E-state index in [1.165, 1.54) is 0 Å². The molecule has 0 saturated carbocycles. The van der Waals surface area contributed by atoms with E-state index in [-0.39, 0.29) is 55.9 Å². The van der Waals surface area contributed by atoms with Gasteiger partial charge >= 0.3 is 65.7 Å². The molecule has 1 heterocycles. The Hall–Kier alpha value is -6.63. The number of thiol groups is 1. The number of amides is 1. The van der Waals surface area contributed by atoms with Crippen molar-refractivity contribution in [3.63, 3.8) is 0 Å². The van der Waals surface area contributed by atoms with Gasteiger partial charge in [-0.3, -0.25) is 57.7 Å². The molecule has 37 nitrogen and oxygen atoms in total. The number of thioether (sulfide) groups is 1. The van der Waals surface area contributed by atoms with E-state index in [2.05, 4.69) is 32.4 Å². The third-order valence-electron chi connectivity index (χ3n) is 9.48. The van der Waals surface area contributed by atoms with E-state index in [0.29, 0.717) is 38.8 Å². The lowest BCUT2D eigenvalue weighted by Crippen LogP contribution is -2.39. The highest BCUT2D eigenvalue weighted by Crippen LogP contribution is 2.04. The molecule has 1 fully saturated rings. The van der Waals surface area contributed by atoms with E-state index in [1.54, 1.807) is 25.6 Å². The van der Waals surface area contributed by atoms with Crippen molar-refractivity contribution in [3.8, 4) is 0 Å². The van der Waals surface area contributed by atoms with Crippen LogP contribution in [0.2, 0.25) is 0 Å². The maximum Gasteiger partial charge on any atom is 0.330 e. The number of aliphatic carboxylic acids is 8. The molecule has 0 spiro atoms. The van der Waals surface area contributed by atoms with Crippen LogP contribution in [0.15, 0.2) is 4.99 Å². The van der Waals surface area contributed by atoms with Crippen LogP contribution < -0.4 is 79.9 Å². The zero-order valence-corrected chi connectivity index (χ0v) is 49.0. The number of hydrogen-bond donors (Lipinski definition) is 23. The standard InChI is InChI=1S/C8H15N3O5.C7H14N2O3S.C6H14N4O2.C6H14N2O2.C5H9NO4.C5H9NO2.C5H11NO2.C3H7NO2S/c9-4(1-2-6(11)12)8(15)16-3-5(10)7(13)14;1-13-3-2-5(9)7(11)12-6(10)4-8;7-4(5(11)12)2-1-3-10-6(8)9;7-4-2-1-3-5(8)6(9)10;6-3(5(9)10)1-2-4(7)8;7-5(8)4-2-1-3-6-4;1-3(2)4(6)5(7)8;4-2(1-7)3(5)6/h4-5H,1-3,9-10H2,(H2,11,12)(H,13,14);5H,2-4,8-9H2,1H3;4H,1-3,7H2,(H,11,12)(H4,8,9,10);5H,1-4,7-8H2,(H,9,10);3H,1-2,6H2,(H,7,8)(H,9,10);4,6H,1-3H2,(H,7,8);3-4H,6H2,1-2H3,(H,7,8);2,7H,1,4H2,(H,5,6)/t4-,5-;5-;4-;5-;3-;2*4-;2-/m00000000/s1. The summed E-state index contributed by atoms with van der Waals surface area (Å²) >= 11 is 5.22. The second-order valence-electron chi connectivity index (χ2n) is 17.3. The number of ether oxygens (including phenoxy) is 2. The summed E-state index contributed by atoms with van der Waals surface area (Å²) in [7, 11) is 0. The Kier molecular flexibility index (Phi) is 63.1. The van der Waals surface area contributed by atoms with Crippen LogP contribution in [0.1, 0.15) is 90.9 Å². The zero-order valence-electron chi connectivity index (χ0n) is 47.3. The molecule has 1 saturated heterocycles. The summed E-state index contributed by atoms with van der Waals surface area (Å²) in [6.07, 6.45) is 7.10. The van der Waals surface area contributed by atoms with Gasteiger partial charge in [0.1, 0.15) is 61.0 Å². The van der Waals surface area contributed by atoms with Crippen molar-refractivity contribution in [2.75, 3.05) is 50.5 Å². The Balaban J connectivity index is -0.000000163. The zero-order chi connectivity index (χ0) is 67.2. The number of primary amides is 1. The summed E-state index contributed by atoms with van der Waals surface area (Å²) in [5, 5.41) is 68.8. The molecule has 0 aromatic heterocycles. The molecule has 492 valence electrons. The molecule has 9 atom stereocenters. The van der Waals surface area contributed by atoms with E-state index < -0.39 is 127 Å². The third-order valence-corrected chi connectivity index (χ3v) is 10.5. The first-order valence-electron chi connectivity index (χ1n) is 25.1. The van der Waals surface area contributed by atoms with Crippen molar-refractivity contribution in [1.29, 1.82) is 0 Å². The number of nitrogens with two attached hydrogens (primary N) is 13. The molecule has 0 aliphatic carbocycles. The Morgan fingerprint density at radius 2 is 1.05 bits per heavy atom. The molecular formula is C45H93N15O22S2. The topological polar surface area (TPSA) is 748 Å². The lowest BCUT2D eigenvalue weighted by molar-refractivity contribution is -0.160. The van der Waals surface area contributed by atoms with E-state index in [9.17, 15) is 57.5 Å². The monoisotopic (exact) mass is 1260 g/mol. The van der Waals surface area contributed by atoms with E-state index in [4.69, 9.17) is 115 Å². The molecule has 0 unspecified atom stereocenters. The van der Waals surface area contributed by atoms with Gasteiger partial charge in [0.25, 0.3) is 0 Å². The summed E-state index contributed by atoms with van der Waals surface area (Å²) in [4.78, 5) is 127. The smallest absolute Gasteiger partial charge is 0.330 e. The minimum atomic E-state index is -1.28. The van der Waals surface area contributed by atoms with Crippen molar-refractivity contribution in [2.45, 2.75) is 145 Å². The molecule has 1 rings (SSSR count). The summed E-state index contributed by atoms with van der Waals surface area (Å²) < 4.78 is 8.86. The first-order chi connectivity index (χ1) is 38.7. The van der Waals surface area contributed by atoms with Gasteiger partial charge in [0.15, 0.2) is 5.96 Å². The highest BCUT2D eigenvalue weighted by atomic mass is 32.2. The number of nitrogens with one attached hydrogen (secondary N) is 1. The second-order valence-corrected chi connectivity index (χ2v) is 18.6. The van der Waals surface area contributed by atoms with Gasteiger partial charge in [0.05, 0.1) is 6.54 Å². The van der Waals surface area contributed by atoms with Gasteiger partial charge in [0, 0.05) is 25.1 Å². The summed E-state index contributed by atoms with van der Waals surface area (Å²) in [6.45, 7) is 4.67. The molecule has 0 radical (unpaired) electrons. The minimum Gasteiger partial charge on any atom is -0.481 e. The van der Waals surface area contributed by atoms with Crippen LogP contribution in [0, 0.1) is 5.92 Å². The van der Waals surface area contributed by atoms with Crippen LogP contribution in [-0.2, 0) is 67.0 Å². The van der Waals surface area contributed by atoms with Crippen LogP contribution in [-0.4, -0.2) is 223 Å². The molecule has 0 aromatic carbocycles. The molecular weight excluding hydrogens is 1170 g/mol. The van der Waals surface area contributed by atoms with Crippen molar-refractivity contribution in [2.24, 2.45) is 85.4 Å². The van der Waals surface area contributed by atoms with E-state index in [1.807, 2.05) is 6.26 Å². The fourth-order valence-electron chi connectivity index (χ4n) is 4.29. The number of guanidine groups is 1. The van der Waals surface area contributed by atoms with Gasteiger partial charge in [0.2, 0.25) is 5.91 Å². The second kappa shape index (κ2) is 58.2. The van der Waals surface area contributed by atoms with Gasteiger partial charge in [-0.1, -0.05) is 20.3 Å². The lowest BCUT2D eigenvalue weighted by atomic mass is 10.1. The number of unbranched alkanes of at least 4 members (excludes halogenated alkanes) is 1. The molecule has 35 N–H and O–H groups in total. The highest BCUT2D eigenvalue weighted by molar-refractivity contribution is 7.98. The Morgan fingerprint density at radius 1 is 0.595 bits per heavy atom. The van der Waals surface area contributed by atoms with Crippen molar-refractivity contribution >= 4 is 102 Å². The number of carboxylic acid groups (broad SMARTS) is 8.